The monoisotopic (exact) mass is 217 g/mol. The summed E-state index contributed by atoms with van der Waals surface area (Å²) in [4.78, 5) is 0. The molecule has 0 atom stereocenters. The second-order valence-corrected chi connectivity index (χ2v) is 3.47. The number of rotatable bonds is 3. The van der Waals surface area contributed by atoms with Crippen molar-refractivity contribution < 1.29 is 9.47 Å². The summed E-state index contributed by atoms with van der Waals surface area (Å²) in [5.74, 6) is 7.52. The second-order valence-electron chi connectivity index (χ2n) is 3.47. The van der Waals surface area contributed by atoms with Gasteiger partial charge in [-0.25, -0.2) is 0 Å². The summed E-state index contributed by atoms with van der Waals surface area (Å²) in [5, 5.41) is 3.24. The third-order valence-electron chi connectivity index (χ3n) is 2.35. The molecule has 1 N–H and O–H groups in total. The first-order valence-electron chi connectivity index (χ1n) is 5.39. The molecule has 0 saturated heterocycles. The Bertz CT molecular complexity index is 418. The van der Waals surface area contributed by atoms with Crippen molar-refractivity contribution in [1.82, 2.24) is 5.32 Å². The molecule has 3 nitrogen and oxygen atoms in total. The minimum Gasteiger partial charge on any atom is -0.486 e. The van der Waals surface area contributed by atoms with Gasteiger partial charge in [-0.3, -0.25) is 0 Å². The molecule has 1 aromatic rings. The number of para-hydroxylation sites is 1. The molecule has 84 valence electrons. The zero-order valence-corrected chi connectivity index (χ0v) is 9.38. The maximum absolute atomic E-state index is 5.61. The van der Waals surface area contributed by atoms with Crippen LogP contribution in [0.25, 0.3) is 0 Å². The van der Waals surface area contributed by atoms with Gasteiger partial charge in [0, 0.05) is 12.1 Å². The fourth-order valence-electron chi connectivity index (χ4n) is 1.62. The highest BCUT2D eigenvalue weighted by Gasteiger charge is 2.14. The molecule has 0 radical (unpaired) electrons. The number of hydrogen-bond acceptors (Lipinski definition) is 3. The average molecular weight is 217 g/mol. The third-order valence-corrected chi connectivity index (χ3v) is 2.35. The standard InChI is InChI=1S/C13H15NO2/c1-2-3-7-14-10-11-5-4-6-12-13(11)16-9-8-15-12/h4-6,14H,7-10H2,1H3. The predicted octanol–water partition coefficient (Wildman–Crippen LogP) is 1.57. The fraction of sp³-hybridized carbons (Fsp3) is 0.385. The van der Waals surface area contributed by atoms with Crippen molar-refractivity contribution in [2.24, 2.45) is 0 Å². The molecule has 0 aliphatic carbocycles. The molecule has 0 spiro atoms. The van der Waals surface area contributed by atoms with E-state index in [2.05, 4.69) is 17.2 Å². The van der Waals surface area contributed by atoms with E-state index in [0.717, 1.165) is 23.6 Å². The van der Waals surface area contributed by atoms with Crippen molar-refractivity contribution in [3.8, 4) is 23.3 Å². The van der Waals surface area contributed by atoms with E-state index in [-0.39, 0.29) is 0 Å². The molecule has 1 aromatic carbocycles. The maximum atomic E-state index is 5.61. The fourth-order valence-corrected chi connectivity index (χ4v) is 1.62. The van der Waals surface area contributed by atoms with Crippen LogP contribution in [-0.2, 0) is 6.54 Å². The van der Waals surface area contributed by atoms with E-state index in [1.165, 1.54) is 0 Å². The summed E-state index contributed by atoms with van der Waals surface area (Å²) < 4.78 is 11.1. The first-order valence-corrected chi connectivity index (χ1v) is 5.39. The van der Waals surface area contributed by atoms with Crippen LogP contribution in [0.1, 0.15) is 12.5 Å². The van der Waals surface area contributed by atoms with Gasteiger partial charge in [0.25, 0.3) is 0 Å². The number of benzene rings is 1. The molecular weight excluding hydrogens is 202 g/mol. The Morgan fingerprint density at radius 3 is 3.06 bits per heavy atom. The van der Waals surface area contributed by atoms with Gasteiger partial charge < -0.3 is 14.8 Å². The van der Waals surface area contributed by atoms with Crippen molar-refractivity contribution in [2.45, 2.75) is 13.5 Å². The Morgan fingerprint density at radius 2 is 2.19 bits per heavy atom. The van der Waals surface area contributed by atoms with Gasteiger partial charge in [-0.2, -0.15) is 0 Å². The minimum atomic E-state index is 0.624. The van der Waals surface area contributed by atoms with Crippen molar-refractivity contribution in [3.63, 3.8) is 0 Å². The van der Waals surface area contributed by atoms with Crippen LogP contribution in [0, 0.1) is 11.8 Å². The molecule has 2 rings (SSSR count). The van der Waals surface area contributed by atoms with Gasteiger partial charge in [0.05, 0.1) is 6.54 Å². The van der Waals surface area contributed by atoms with Crippen molar-refractivity contribution in [2.75, 3.05) is 19.8 Å². The van der Waals surface area contributed by atoms with E-state index in [4.69, 9.17) is 9.47 Å². The summed E-state index contributed by atoms with van der Waals surface area (Å²) in [6.45, 7) is 4.54. The van der Waals surface area contributed by atoms with Crippen molar-refractivity contribution >= 4 is 0 Å². The molecule has 1 aliphatic heterocycles. The largest absolute Gasteiger partial charge is 0.486 e. The molecule has 0 aromatic heterocycles. The lowest BCUT2D eigenvalue weighted by Crippen LogP contribution is -2.19. The summed E-state index contributed by atoms with van der Waals surface area (Å²) >= 11 is 0. The summed E-state index contributed by atoms with van der Waals surface area (Å²) in [7, 11) is 0. The molecular formula is C13H15NO2. The highest BCUT2D eigenvalue weighted by atomic mass is 16.6. The van der Waals surface area contributed by atoms with E-state index in [1.54, 1.807) is 0 Å². The lowest BCUT2D eigenvalue weighted by Gasteiger charge is -2.20. The smallest absolute Gasteiger partial charge is 0.165 e. The van der Waals surface area contributed by atoms with Crippen LogP contribution in [0.2, 0.25) is 0 Å². The Kier molecular flexibility index (Phi) is 3.68. The van der Waals surface area contributed by atoms with Gasteiger partial charge in [-0.05, 0) is 13.0 Å². The molecule has 0 saturated carbocycles. The lowest BCUT2D eigenvalue weighted by atomic mass is 10.1. The number of nitrogens with one attached hydrogen (secondary N) is 1. The second kappa shape index (κ2) is 5.43. The van der Waals surface area contributed by atoms with Gasteiger partial charge >= 0.3 is 0 Å². The first-order chi connectivity index (χ1) is 7.92. The van der Waals surface area contributed by atoms with Crippen LogP contribution < -0.4 is 14.8 Å². The topological polar surface area (TPSA) is 30.5 Å². The van der Waals surface area contributed by atoms with Crippen LogP contribution >= 0.6 is 0 Å². The van der Waals surface area contributed by atoms with Gasteiger partial charge in [-0.1, -0.05) is 18.1 Å². The molecule has 16 heavy (non-hydrogen) atoms. The molecule has 0 fully saturated rings. The van der Waals surface area contributed by atoms with Crippen LogP contribution in [0.4, 0.5) is 0 Å². The zero-order chi connectivity index (χ0) is 11.2. The molecule has 1 aliphatic rings. The van der Waals surface area contributed by atoms with Crippen LogP contribution in [0.3, 0.4) is 0 Å². The molecule has 1 heterocycles. The van der Waals surface area contributed by atoms with E-state index in [9.17, 15) is 0 Å². The maximum Gasteiger partial charge on any atom is 0.165 e. The highest BCUT2D eigenvalue weighted by Crippen LogP contribution is 2.33. The quantitative estimate of drug-likeness (QED) is 0.616. The van der Waals surface area contributed by atoms with Gasteiger partial charge in [-0.15, -0.1) is 5.92 Å². The Morgan fingerprint density at radius 1 is 1.31 bits per heavy atom. The Labute approximate surface area is 95.8 Å². The summed E-state index contributed by atoms with van der Waals surface area (Å²) in [5.41, 5.74) is 1.12. The third kappa shape index (κ3) is 2.47. The summed E-state index contributed by atoms with van der Waals surface area (Å²) in [6.07, 6.45) is 0. The molecule has 0 bridgehead atoms. The number of fused-ring (bicyclic) bond motifs is 1. The first kappa shape index (κ1) is 10.8. The van der Waals surface area contributed by atoms with Gasteiger partial charge in [0.2, 0.25) is 0 Å². The lowest BCUT2D eigenvalue weighted by molar-refractivity contribution is 0.169. The van der Waals surface area contributed by atoms with Crippen LogP contribution in [-0.4, -0.2) is 19.8 Å². The normalized spacial score (nSPS) is 12.8. The summed E-state index contributed by atoms with van der Waals surface area (Å²) in [6, 6.07) is 5.96. The van der Waals surface area contributed by atoms with Crippen LogP contribution in [0.15, 0.2) is 18.2 Å². The van der Waals surface area contributed by atoms with E-state index in [1.807, 2.05) is 25.1 Å². The van der Waals surface area contributed by atoms with Crippen molar-refractivity contribution in [1.29, 1.82) is 0 Å². The number of ether oxygens (including phenoxy) is 2. The SMILES string of the molecule is CC#CCNCc1cccc2c1OCCO2. The van der Waals surface area contributed by atoms with E-state index < -0.39 is 0 Å². The highest BCUT2D eigenvalue weighted by molar-refractivity contribution is 5.47. The Hall–Kier alpha value is -1.66. The van der Waals surface area contributed by atoms with Crippen molar-refractivity contribution in [3.05, 3.63) is 23.8 Å². The van der Waals surface area contributed by atoms with Gasteiger partial charge in [0.15, 0.2) is 11.5 Å². The average Bonchev–Trinajstić information content (AvgIpc) is 2.35. The molecule has 0 amide bonds. The van der Waals surface area contributed by atoms with Crippen LogP contribution in [0.5, 0.6) is 11.5 Å². The zero-order valence-electron chi connectivity index (χ0n) is 9.38. The predicted molar refractivity (Wildman–Crippen MR) is 62.6 cm³/mol. The minimum absolute atomic E-state index is 0.624. The molecule has 3 heteroatoms. The van der Waals surface area contributed by atoms with Gasteiger partial charge in [0.1, 0.15) is 13.2 Å². The molecule has 0 unspecified atom stereocenters. The van der Waals surface area contributed by atoms with E-state index >= 15 is 0 Å². The van der Waals surface area contributed by atoms with E-state index in [0.29, 0.717) is 19.8 Å². The Balaban J connectivity index is 2.04. The number of hydrogen-bond donors (Lipinski definition) is 1.